The predicted molar refractivity (Wildman–Crippen MR) is 30.5 cm³/mol. The molecule has 0 radical (unpaired) electrons. The van der Waals surface area contributed by atoms with E-state index in [4.69, 9.17) is 5.11 Å². The molecule has 0 fully saturated rings. The number of aliphatic carboxylic acids is 1. The van der Waals surface area contributed by atoms with Gasteiger partial charge in [0.05, 0.1) is 12.1 Å². The first-order valence-corrected chi connectivity index (χ1v) is 3.07. The molecule has 9 heavy (non-hydrogen) atoms. The molecular weight excluding hydrogens is 120 g/mol. The molecule has 0 aromatic carbocycles. The number of aliphatic hydroxyl groups is 1. The van der Waals surface area contributed by atoms with E-state index in [1.807, 2.05) is 6.92 Å². The molecule has 0 aliphatic carbocycles. The lowest BCUT2D eigenvalue weighted by molar-refractivity contribution is -0.315. The quantitative estimate of drug-likeness (QED) is 0.548. The van der Waals surface area contributed by atoms with Crippen molar-refractivity contribution in [3.63, 3.8) is 0 Å². The Kier molecular flexibility index (Phi) is 4.05. The summed E-state index contributed by atoms with van der Waals surface area (Å²) in [4.78, 5) is 9.84. The molecule has 0 spiro atoms. The number of carbonyl (C=O) groups is 1. The summed E-state index contributed by atoms with van der Waals surface area (Å²) in [5.74, 6) is -1.37. The molecule has 3 nitrogen and oxygen atoms in total. The van der Waals surface area contributed by atoms with E-state index >= 15 is 0 Å². The van der Waals surface area contributed by atoms with Gasteiger partial charge in [-0.25, -0.2) is 0 Å². The van der Waals surface area contributed by atoms with Gasteiger partial charge in [-0.05, 0) is 6.42 Å². The average molecular weight is 131 g/mol. The van der Waals surface area contributed by atoms with Gasteiger partial charge in [0.1, 0.15) is 0 Å². The fourth-order valence-corrected chi connectivity index (χ4v) is 0.515. The largest absolute Gasteiger partial charge is 0.547 e. The van der Waals surface area contributed by atoms with Crippen LogP contribution in [-0.4, -0.2) is 17.2 Å². The van der Waals surface area contributed by atoms with Crippen LogP contribution in [0.15, 0.2) is 0 Å². The number of unbranched alkanes of at least 4 members (excludes halogenated alkanes) is 1. The van der Waals surface area contributed by atoms with Gasteiger partial charge >= 0.3 is 0 Å². The van der Waals surface area contributed by atoms with Gasteiger partial charge in [-0.3, -0.25) is 0 Å². The Balaban J connectivity index is 3.27. The zero-order valence-electron chi connectivity index (χ0n) is 5.46. The number of rotatable bonds is 4. The van der Waals surface area contributed by atoms with Gasteiger partial charge < -0.3 is 15.0 Å². The summed E-state index contributed by atoms with van der Waals surface area (Å²) in [7, 11) is 0. The molecule has 0 aromatic rings. The number of hydrogen-bond acceptors (Lipinski definition) is 3. The van der Waals surface area contributed by atoms with E-state index in [1.54, 1.807) is 0 Å². The van der Waals surface area contributed by atoms with Crippen LogP contribution in [0.5, 0.6) is 0 Å². The van der Waals surface area contributed by atoms with Crippen molar-refractivity contribution in [3.05, 3.63) is 0 Å². The second-order valence-electron chi connectivity index (χ2n) is 1.98. The first-order chi connectivity index (χ1) is 4.18. The van der Waals surface area contributed by atoms with Crippen LogP contribution in [0.2, 0.25) is 0 Å². The zero-order chi connectivity index (χ0) is 7.28. The molecule has 0 heterocycles. The first kappa shape index (κ1) is 8.43. The van der Waals surface area contributed by atoms with Crippen LogP contribution in [0.25, 0.3) is 0 Å². The van der Waals surface area contributed by atoms with Crippen molar-refractivity contribution in [2.75, 3.05) is 0 Å². The van der Waals surface area contributed by atoms with Crippen molar-refractivity contribution >= 4 is 5.97 Å². The summed E-state index contributed by atoms with van der Waals surface area (Å²) < 4.78 is 0. The minimum Gasteiger partial charge on any atom is -0.547 e. The summed E-state index contributed by atoms with van der Waals surface area (Å²) in [5.41, 5.74) is 0. The Morgan fingerprint density at radius 3 is 2.67 bits per heavy atom. The highest BCUT2D eigenvalue weighted by atomic mass is 16.4. The molecule has 1 unspecified atom stereocenters. The highest BCUT2D eigenvalue weighted by Gasteiger charge is 2.01. The van der Waals surface area contributed by atoms with E-state index in [-0.39, 0.29) is 0 Å². The van der Waals surface area contributed by atoms with Crippen molar-refractivity contribution in [1.82, 2.24) is 0 Å². The van der Waals surface area contributed by atoms with Crippen LogP contribution < -0.4 is 5.11 Å². The molecule has 0 aromatic heterocycles. The molecule has 0 aliphatic heterocycles. The highest BCUT2D eigenvalue weighted by Crippen LogP contribution is 1.98. The molecule has 0 aliphatic rings. The molecule has 0 amide bonds. The van der Waals surface area contributed by atoms with Crippen molar-refractivity contribution in [3.8, 4) is 0 Å². The van der Waals surface area contributed by atoms with Gasteiger partial charge in [-0.2, -0.15) is 0 Å². The fourth-order valence-electron chi connectivity index (χ4n) is 0.515. The fraction of sp³-hybridized carbons (Fsp3) is 0.833. The topological polar surface area (TPSA) is 60.4 Å². The maximum atomic E-state index is 9.84. The van der Waals surface area contributed by atoms with Crippen molar-refractivity contribution in [2.24, 2.45) is 0 Å². The maximum Gasteiger partial charge on any atom is 0.0933 e. The Bertz CT molecular complexity index is 90.3. The van der Waals surface area contributed by atoms with Gasteiger partial charge in [0.15, 0.2) is 0 Å². The van der Waals surface area contributed by atoms with E-state index in [1.165, 1.54) is 0 Å². The molecule has 54 valence electrons. The minimum atomic E-state index is -1.37. The Labute approximate surface area is 54.3 Å². The molecule has 0 bridgehead atoms. The van der Waals surface area contributed by atoms with E-state index in [9.17, 15) is 9.90 Å². The molecule has 3 heteroatoms. The zero-order valence-corrected chi connectivity index (χ0v) is 5.46. The summed E-state index contributed by atoms with van der Waals surface area (Å²) in [5, 5.41) is 18.4. The molecule has 1 atom stereocenters. The van der Waals surface area contributed by atoms with Crippen molar-refractivity contribution < 1.29 is 15.0 Å². The van der Waals surface area contributed by atoms with Gasteiger partial charge in [-0.1, -0.05) is 19.8 Å². The van der Waals surface area contributed by atoms with Crippen LogP contribution in [0.3, 0.4) is 0 Å². The standard InChI is InChI=1S/C6H12O3/c1-2-3-4-5(7)6(8)9/h5,7H,2-4H2,1H3,(H,8,9)/p-1. The SMILES string of the molecule is CCCCC(O)C(=O)[O-]. The van der Waals surface area contributed by atoms with Crippen LogP contribution >= 0.6 is 0 Å². The lowest BCUT2D eigenvalue weighted by atomic mass is 10.2. The first-order valence-electron chi connectivity index (χ1n) is 3.07. The summed E-state index contributed by atoms with van der Waals surface area (Å²) >= 11 is 0. The molecule has 0 saturated heterocycles. The number of hydrogen-bond donors (Lipinski definition) is 1. The lowest BCUT2D eigenvalue weighted by Crippen LogP contribution is -2.35. The van der Waals surface area contributed by atoms with E-state index in [2.05, 4.69) is 0 Å². The maximum absolute atomic E-state index is 9.84. The summed E-state index contributed by atoms with van der Waals surface area (Å²) in [6, 6.07) is 0. The molecular formula is C6H11O3-. The average Bonchev–Trinajstić information content (AvgIpc) is 1.82. The van der Waals surface area contributed by atoms with Crippen LogP contribution in [-0.2, 0) is 4.79 Å². The van der Waals surface area contributed by atoms with Crippen LogP contribution in [0.1, 0.15) is 26.2 Å². The van der Waals surface area contributed by atoms with Gasteiger partial charge in [0.2, 0.25) is 0 Å². The number of carboxylic acids is 1. The second-order valence-corrected chi connectivity index (χ2v) is 1.98. The smallest absolute Gasteiger partial charge is 0.0933 e. The van der Waals surface area contributed by atoms with Gasteiger partial charge in [-0.15, -0.1) is 0 Å². The van der Waals surface area contributed by atoms with Gasteiger partial charge in [0.25, 0.3) is 0 Å². The molecule has 0 saturated carbocycles. The van der Waals surface area contributed by atoms with E-state index < -0.39 is 12.1 Å². The third-order valence-corrected chi connectivity index (χ3v) is 1.10. The number of carboxylic acid groups (broad SMARTS) is 1. The third-order valence-electron chi connectivity index (χ3n) is 1.10. The Morgan fingerprint density at radius 2 is 2.33 bits per heavy atom. The Morgan fingerprint density at radius 1 is 1.78 bits per heavy atom. The van der Waals surface area contributed by atoms with Crippen molar-refractivity contribution in [1.29, 1.82) is 0 Å². The number of carbonyl (C=O) groups excluding carboxylic acids is 1. The van der Waals surface area contributed by atoms with Gasteiger partial charge in [0, 0.05) is 0 Å². The summed E-state index contributed by atoms with van der Waals surface area (Å²) in [6.07, 6.45) is 0.656. The van der Waals surface area contributed by atoms with E-state index in [0.717, 1.165) is 12.8 Å². The van der Waals surface area contributed by atoms with E-state index in [0.29, 0.717) is 6.42 Å². The second kappa shape index (κ2) is 4.32. The van der Waals surface area contributed by atoms with Crippen LogP contribution in [0.4, 0.5) is 0 Å². The summed E-state index contributed by atoms with van der Waals surface area (Å²) in [6.45, 7) is 1.93. The monoisotopic (exact) mass is 131 g/mol. The number of aliphatic hydroxyl groups excluding tert-OH is 1. The highest BCUT2D eigenvalue weighted by molar-refractivity contribution is 5.69. The normalized spacial score (nSPS) is 13.1. The van der Waals surface area contributed by atoms with Crippen LogP contribution in [0, 0.1) is 0 Å². The predicted octanol–water partition coefficient (Wildman–Crippen LogP) is -0.713. The Hall–Kier alpha value is -0.570. The minimum absolute atomic E-state index is 0.304. The lowest BCUT2D eigenvalue weighted by Gasteiger charge is -2.09. The molecule has 1 N–H and O–H groups in total. The third kappa shape index (κ3) is 3.97. The van der Waals surface area contributed by atoms with Crippen molar-refractivity contribution in [2.45, 2.75) is 32.3 Å². The molecule has 0 rings (SSSR count).